The molecule has 3 amide bonds. The fourth-order valence-electron chi connectivity index (χ4n) is 5.08. The van der Waals surface area contributed by atoms with E-state index in [2.05, 4.69) is 5.43 Å². The van der Waals surface area contributed by atoms with E-state index in [-0.39, 0.29) is 42.1 Å². The van der Waals surface area contributed by atoms with Gasteiger partial charge in [-0.2, -0.15) is 5.01 Å². The van der Waals surface area contributed by atoms with E-state index < -0.39 is 5.91 Å². The number of fused-ring (bicyclic) bond motifs is 5. The first-order valence-electron chi connectivity index (χ1n) is 9.53. The molecular weight excluding hydrogens is 360 g/mol. The van der Waals surface area contributed by atoms with E-state index in [0.29, 0.717) is 11.5 Å². The van der Waals surface area contributed by atoms with E-state index >= 15 is 0 Å². The third-order valence-electron chi connectivity index (χ3n) is 6.10. The molecule has 4 atom stereocenters. The minimum absolute atomic E-state index is 0.133. The average molecular weight is 384 g/mol. The van der Waals surface area contributed by atoms with Gasteiger partial charge in [-0.25, -0.2) is 0 Å². The van der Waals surface area contributed by atoms with Crippen LogP contribution in [-0.2, 0) is 14.4 Å². The monoisotopic (exact) mass is 384 g/mol. The normalized spacial score (nSPS) is 27.8. The number of allylic oxidation sites excluding steroid dienone is 2. The highest BCUT2D eigenvalue weighted by Gasteiger charge is 2.63. The Bertz CT molecular complexity index is 824. The number of benzene rings is 1. The number of hydrogen-bond acceptors (Lipinski definition) is 5. The van der Waals surface area contributed by atoms with Crippen molar-refractivity contribution in [1.29, 1.82) is 0 Å². The van der Waals surface area contributed by atoms with Gasteiger partial charge in [-0.15, -0.1) is 0 Å². The standard InChI is InChI=1S/C21H24N2O5/c1-11(2)17-14-8-9-15(17)19-18(14)20(25)23(21(19)26)22-16(24)10-28-13-6-4-12(27-3)5-7-13/h4-7,14-15,18-19H,8-10H2,1-3H3,(H,22,24). The van der Waals surface area contributed by atoms with E-state index in [1.54, 1.807) is 31.4 Å². The maximum absolute atomic E-state index is 12.8. The molecular formula is C21H24N2O5. The number of amides is 3. The highest BCUT2D eigenvalue weighted by Crippen LogP contribution is 2.59. The minimum Gasteiger partial charge on any atom is -0.497 e. The maximum atomic E-state index is 12.8. The molecule has 3 aliphatic rings. The lowest BCUT2D eigenvalue weighted by atomic mass is 9.81. The van der Waals surface area contributed by atoms with Crippen molar-refractivity contribution in [3.63, 3.8) is 0 Å². The maximum Gasteiger partial charge on any atom is 0.276 e. The van der Waals surface area contributed by atoms with Crippen molar-refractivity contribution in [2.75, 3.05) is 13.7 Å². The van der Waals surface area contributed by atoms with Crippen molar-refractivity contribution in [3.8, 4) is 11.5 Å². The number of hydrazine groups is 1. The third kappa shape index (κ3) is 2.85. The Balaban J connectivity index is 1.39. The first-order chi connectivity index (χ1) is 13.4. The minimum atomic E-state index is -0.535. The smallest absolute Gasteiger partial charge is 0.276 e. The predicted molar refractivity (Wildman–Crippen MR) is 100 cm³/mol. The highest BCUT2D eigenvalue weighted by atomic mass is 16.5. The Morgan fingerprint density at radius 2 is 1.57 bits per heavy atom. The van der Waals surface area contributed by atoms with Crippen LogP contribution >= 0.6 is 0 Å². The van der Waals surface area contributed by atoms with Crippen molar-refractivity contribution in [2.24, 2.45) is 23.7 Å². The summed E-state index contributed by atoms with van der Waals surface area (Å²) in [6, 6.07) is 6.81. The molecule has 2 saturated carbocycles. The lowest BCUT2D eigenvalue weighted by molar-refractivity contribution is -0.150. The molecule has 2 aliphatic carbocycles. The Morgan fingerprint density at radius 1 is 1.04 bits per heavy atom. The molecule has 1 aromatic rings. The van der Waals surface area contributed by atoms with Gasteiger partial charge >= 0.3 is 0 Å². The summed E-state index contributed by atoms with van der Waals surface area (Å²) in [5.74, 6) is -0.342. The van der Waals surface area contributed by atoms with Crippen molar-refractivity contribution in [3.05, 3.63) is 35.4 Å². The van der Waals surface area contributed by atoms with Crippen LogP contribution in [0.1, 0.15) is 26.7 Å². The molecule has 28 heavy (non-hydrogen) atoms. The van der Waals surface area contributed by atoms with Gasteiger partial charge in [-0.3, -0.25) is 19.8 Å². The molecule has 1 saturated heterocycles. The van der Waals surface area contributed by atoms with Gasteiger partial charge in [0.2, 0.25) is 0 Å². The second-order valence-electron chi connectivity index (χ2n) is 7.81. The van der Waals surface area contributed by atoms with Gasteiger partial charge in [0.25, 0.3) is 17.7 Å². The van der Waals surface area contributed by atoms with E-state index in [9.17, 15) is 14.4 Å². The van der Waals surface area contributed by atoms with Gasteiger partial charge in [0.15, 0.2) is 6.61 Å². The molecule has 7 nitrogen and oxygen atoms in total. The molecule has 2 bridgehead atoms. The summed E-state index contributed by atoms with van der Waals surface area (Å²) in [6.07, 6.45) is 1.88. The average Bonchev–Trinajstić information content (AvgIpc) is 3.33. The summed E-state index contributed by atoms with van der Waals surface area (Å²) in [7, 11) is 1.56. The first-order valence-corrected chi connectivity index (χ1v) is 9.53. The zero-order valence-electron chi connectivity index (χ0n) is 16.2. The summed E-state index contributed by atoms with van der Waals surface area (Å²) in [5.41, 5.74) is 4.94. The van der Waals surface area contributed by atoms with Gasteiger partial charge in [0, 0.05) is 0 Å². The van der Waals surface area contributed by atoms with Crippen LogP contribution in [0.5, 0.6) is 11.5 Å². The van der Waals surface area contributed by atoms with Crippen LogP contribution < -0.4 is 14.9 Å². The lowest BCUT2D eigenvalue weighted by Gasteiger charge is -2.19. The quantitative estimate of drug-likeness (QED) is 0.621. The van der Waals surface area contributed by atoms with Crippen LogP contribution in [0.4, 0.5) is 0 Å². The number of hydrogen-bond donors (Lipinski definition) is 1. The zero-order valence-corrected chi connectivity index (χ0v) is 16.2. The predicted octanol–water partition coefficient (Wildman–Crippen LogP) is 2.08. The highest BCUT2D eigenvalue weighted by molar-refractivity contribution is 6.07. The largest absolute Gasteiger partial charge is 0.497 e. The molecule has 3 fully saturated rings. The molecule has 0 radical (unpaired) electrons. The fraction of sp³-hybridized carbons (Fsp3) is 0.476. The van der Waals surface area contributed by atoms with Crippen LogP contribution in [0.15, 0.2) is 35.4 Å². The van der Waals surface area contributed by atoms with Crippen LogP contribution in [0.2, 0.25) is 0 Å². The third-order valence-corrected chi connectivity index (χ3v) is 6.10. The Kier molecular flexibility index (Phi) is 4.61. The molecule has 7 heteroatoms. The lowest BCUT2D eigenvalue weighted by Crippen LogP contribution is -2.49. The number of carbonyl (C=O) groups is 3. The molecule has 1 N–H and O–H groups in total. The van der Waals surface area contributed by atoms with Crippen molar-refractivity contribution >= 4 is 17.7 Å². The van der Waals surface area contributed by atoms with E-state index in [1.165, 1.54) is 11.1 Å². The van der Waals surface area contributed by atoms with Crippen molar-refractivity contribution < 1.29 is 23.9 Å². The van der Waals surface area contributed by atoms with E-state index in [0.717, 1.165) is 17.9 Å². The summed E-state index contributed by atoms with van der Waals surface area (Å²) >= 11 is 0. The van der Waals surface area contributed by atoms with Gasteiger partial charge in [-0.05, 0) is 62.8 Å². The van der Waals surface area contributed by atoms with Crippen LogP contribution in [0.3, 0.4) is 0 Å². The van der Waals surface area contributed by atoms with Crippen LogP contribution in [0.25, 0.3) is 0 Å². The number of rotatable bonds is 5. The van der Waals surface area contributed by atoms with Gasteiger partial charge in [0.1, 0.15) is 11.5 Å². The van der Waals surface area contributed by atoms with Gasteiger partial charge in [0.05, 0.1) is 18.9 Å². The molecule has 1 heterocycles. The van der Waals surface area contributed by atoms with Crippen LogP contribution in [-0.4, -0.2) is 36.4 Å². The molecule has 1 aliphatic heterocycles. The van der Waals surface area contributed by atoms with Gasteiger partial charge in [-0.1, -0.05) is 11.1 Å². The molecule has 0 aromatic heterocycles. The number of carbonyl (C=O) groups excluding carboxylic acids is 3. The number of methoxy groups -OCH3 is 1. The Labute approximate surface area is 163 Å². The number of imide groups is 1. The SMILES string of the molecule is COc1ccc(OCC(=O)NN2C(=O)C3C4CCC(C4=C(C)C)C3C2=O)cc1. The molecule has 0 spiro atoms. The topological polar surface area (TPSA) is 84.9 Å². The van der Waals surface area contributed by atoms with Crippen molar-refractivity contribution in [2.45, 2.75) is 26.7 Å². The number of nitrogens with one attached hydrogen (secondary N) is 1. The summed E-state index contributed by atoms with van der Waals surface area (Å²) < 4.78 is 10.5. The molecule has 1 aromatic carbocycles. The molecule has 4 unspecified atom stereocenters. The Morgan fingerprint density at radius 3 is 2.07 bits per heavy atom. The van der Waals surface area contributed by atoms with E-state index in [1.807, 2.05) is 13.8 Å². The van der Waals surface area contributed by atoms with Crippen molar-refractivity contribution in [1.82, 2.24) is 10.4 Å². The summed E-state index contributed by atoms with van der Waals surface area (Å²) in [4.78, 5) is 37.9. The van der Waals surface area contributed by atoms with Crippen LogP contribution in [0, 0.1) is 23.7 Å². The zero-order chi connectivity index (χ0) is 20.0. The molecule has 4 rings (SSSR count). The second kappa shape index (κ2) is 6.96. The van der Waals surface area contributed by atoms with Gasteiger partial charge < -0.3 is 9.47 Å². The fourth-order valence-corrected chi connectivity index (χ4v) is 5.08. The first kappa shape index (κ1) is 18.5. The number of nitrogens with zero attached hydrogens (tertiary/aromatic N) is 1. The van der Waals surface area contributed by atoms with E-state index in [4.69, 9.17) is 9.47 Å². The molecule has 148 valence electrons. The second-order valence-corrected chi connectivity index (χ2v) is 7.81. The Hall–Kier alpha value is -2.83. The number of ether oxygens (including phenoxy) is 2. The summed E-state index contributed by atoms with van der Waals surface area (Å²) in [6.45, 7) is 3.81. The summed E-state index contributed by atoms with van der Waals surface area (Å²) in [5, 5.41) is 0.919.